The highest BCUT2D eigenvalue weighted by molar-refractivity contribution is 5.81. The van der Waals surface area contributed by atoms with Crippen LogP contribution in [0.5, 0.6) is 0 Å². The summed E-state index contributed by atoms with van der Waals surface area (Å²) in [5.41, 5.74) is 4.80. The molecule has 0 aliphatic carbocycles. The lowest BCUT2D eigenvalue weighted by Gasteiger charge is -2.31. The van der Waals surface area contributed by atoms with Gasteiger partial charge in [0.1, 0.15) is 6.61 Å². The molecule has 4 N–H and O–H groups in total. The Balaban J connectivity index is 2.19. The van der Waals surface area contributed by atoms with Crippen LogP contribution in [0.15, 0.2) is 0 Å². The van der Waals surface area contributed by atoms with Crippen molar-refractivity contribution in [2.45, 2.75) is 13.0 Å². The van der Waals surface area contributed by atoms with E-state index in [2.05, 4.69) is 20.3 Å². The molecule has 17 heavy (non-hydrogen) atoms. The molecule has 2 amide bonds. The summed E-state index contributed by atoms with van der Waals surface area (Å²) < 4.78 is 4.52. The van der Waals surface area contributed by atoms with Gasteiger partial charge in [-0.25, -0.2) is 4.79 Å². The molecule has 1 saturated heterocycles. The zero-order chi connectivity index (χ0) is 12.7. The van der Waals surface area contributed by atoms with E-state index >= 15 is 0 Å². The maximum absolute atomic E-state index is 11.7. The molecule has 1 aliphatic rings. The third-order valence-electron chi connectivity index (χ3n) is 2.72. The van der Waals surface area contributed by atoms with Crippen molar-refractivity contribution in [3.8, 4) is 0 Å². The Morgan fingerprint density at radius 3 is 2.71 bits per heavy atom. The number of rotatable bonds is 5. The Kier molecular flexibility index (Phi) is 5.71. The van der Waals surface area contributed by atoms with Gasteiger partial charge < -0.3 is 21.1 Å². The summed E-state index contributed by atoms with van der Waals surface area (Å²) in [7, 11) is 0. The van der Waals surface area contributed by atoms with Gasteiger partial charge in [-0.05, 0) is 6.92 Å². The average Bonchev–Trinajstić information content (AvgIpc) is 2.34. The number of amides is 2. The van der Waals surface area contributed by atoms with Gasteiger partial charge in [0.25, 0.3) is 0 Å². The van der Waals surface area contributed by atoms with Gasteiger partial charge in [0.05, 0.1) is 12.6 Å². The molecule has 1 heterocycles. The summed E-state index contributed by atoms with van der Waals surface area (Å²) in [6.07, 6.45) is -0.825. The first-order valence-electron chi connectivity index (χ1n) is 5.76. The highest BCUT2D eigenvalue weighted by Crippen LogP contribution is 2.00. The summed E-state index contributed by atoms with van der Waals surface area (Å²) in [5, 5.41) is 5.93. The van der Waals surface area contributed by atoms with E-state index in [1.807, 2.05) is 6.92 Å². The normalized spacial score (nSPS) is 18.4. The first kappa shape index (κ1) is 13.7. The number of carbonyl (C=O) groups is 2. The van der Waals surface area contributed by atoms with Crippen LogP contribution in [0.25, 0.3) is 0 Å². The van der Waals surface area contributed by atoms with Gasteiger partial charge in [0.15, 0.2) is 0 Å². The zero-order valence-corrected chi connectivity index (χ0v) is 10.1. The summed E-state index contributed by atoms with van der Waals surface area (Å²) in [4.78, 5) is 24.2. The average molecular weight is 244 g/mol. The molecule has 98 valence electrons. The molecular weight excluding hydrogens is 224 g/mol. The van der Waals surface area contributed by atoms with E-state index in [1.54, 1.807) is 0 Å². The Hall–Kier alpha value is -1.34. The number of ether oxygens (including phenoxy) is 1. The summed E-state index contributed by atoms with van der Waals surface area (Å²) in [6.45, 7) is 5.81. The number of nitrogens with zero attached hydrogens (tertiary/aromatic N) is 1. The first-order valence-corrected chi connectivity index (χ1v) is 5.76. The Bertz CT molecular complexity index is 266. The monoisotopic (exact) mass is 244 g/mol. The number of piperazine rings is 1. The molecule has 0 spiro atoms. The quantitative estimate of drug-likeness (QED) is 0.511. The highest BCUT2D eigenvalue weighted by Gasteiger charge is 2.22. The van der Waals surface area contributed by atoms with Crippen molar-refractivity contribution in [3.05, 3.63) is 0 Å². The smallest absolute Gasteiger partial charge is 0.404 e. The molecule has 1 atom stereocenters. The molecular formula is C10H20N4O3. The Morgan fingerprint density at radius 1 is 1.47 bits per heavy atom. The van der Waals surface area contributed by atoms with Gasteiger partial charge >= 0.3 is 6.09 Å². The van der Waals surface area contributed by atoms with Crippen molar-refractivity contribution in [1.82, 2.24) is 15.5 Å². The lowest BCUT2D eigenvalue weighted by molar-refractivity contribution is -0.126. The third-order valence-corrected chi connectivity index (χ3v) is 2.72. The predicted octanol–water partition coefficient (Wildman–Crippen LogP) is -1.51. The molecule has 7 heteroatoms. The van der Waals surface area contributed by atoms with E-state index in [-0.39, 0.29) is 25.1 Å². The van der Waals surface area contributed by atoms with E-state index < -0.39 is 6.09 Å². The Morgan fingerprint density at radius 2 is 2.12 bits per heavy atom. The minimum Gasteiger partial charge on any atom is -0.448 e. The molecule has 1 unspecified atom stereocenters. The van der Waals surface area contributed by atoms with Crippen LogP contribution in [0, 0.1) is 0 Å². The van der Waals surface area contributed by atoms with Crippen LogP contribution in [0.3, 0.4) is 0 Å². The standard InChI is InChI=1S/C10H20N4O3/c1-8(14-5-2-12-3-6-14)9(15)13-4-7-17-10(11)16/h8,12H,2-7H2,1H3,(H2,11,16)(H,13,15). The van der Waals surface area contributed by atoms with E-state index in [1.165, 1.54) is 0 Å². The minimum absolute atomic E-state index is 0.0556. The van der Waals surface area contributed by atoms with E-state index in [4.69, 9.17) is 5.73 Å². The van der Waals surface area contributed by atoms with Crippen LogP contribution in [-0.2, 0) is 9.53 Å². The zero-order valence-electron chi connectivity index (χ0n) is 10.1. The molecule has 1 fully saturated rings. The molecule has 0 bridgehead atoms. The second kappa shape index (κ2) is 7.08. The maximum Gasteiger partial charge on any atom is 0.404 e. The molecule has 1 aliphatic heterocycles. The molecule has 0 saturated carbocycles. The van der Waals surface area contributed by atoms with Gasteiger partial charge in [-0.3, -0.25) is 9.69 Å². The third kappa shape index (κ3) is 5.01. The minimum atomic E-state index is -0.825. The molecule has 0 aromatic heterocycles. The summed E-state index contributed by atoms with van der Waals surface area (Å²) in [6, 6.07) is -0.161. The SMILES string of the molecule is CC(C(=O)NCCOC(N)=O)N1CCNCC1. The first-order chi connectivity index (χ1) is 8.11. The fourth-order valence-corrected chi connectivity index (χ4v) is 1.71. The van der Waals surface area contributed by atoms with Gasteiger partial charge in [-0.2, -0.15) is 0 Å². The fourth-order valence-electron chi connectivity index (χ4n) is 1.71. The van der Waals surface area contributed by atoms with Crippen LogP contribution >= 0.6 is 0 Å². The van der Waals surface area contributed by atoms with Crippen molar-refractivity contribution >= 4 is 12.0 Å². The molecule has 0 radical (unpaired) electrons. The van der Waals surface area contributed by atoms with Crippen LogP contribution in [0.2, 0.25) is 0 Å². The second-order valence-corrected chi connectivity index (χ2v) is 3.92. The van der Waals surface area contributed by atoms with Crippen molar-refractivity contribution in [1.29, 1.82) is 0 Å². The number of hydrogen-bond acceptors (Lipinski definition) is 5. The van der Waals surface area contributed by atoms with Crippen molar-refractivity contribution < 1.29 is 14.3 Å². The summed E-state index contributed by atoms with van der Waals surface area (Å²) >= 11 is 0. The van der Waals surface area contributed by atoms with Crippen molar-refractivity contribution in [2.24, 2.45) is 5.73 Å². The Labute approximate surface area is 101 Å². The van der Waals surface area contributed by atoms with Crippen LogP contribution in [0.4, 0.5) is 4.79 Å². The maximum atomic E-state index is 11.7. The highest BCUT2D eigenvalue weighted by atomic mass is 16.5. The van der Waals surface area contributed by atoms with E-state index in [0.717, 1.165) is 26.2 Å². The fraction of sp³-hybridized carbons (Fsp3) is 0.800. The number of carbonyl (C=O) groups excluding carboxylic acids is 2. The van der Waals surface area contributed by atoms with Gasteiger partial charge in [0, 0.05) is 26.2 Å². The largest absolute Gasteiger partial charge is 0.448 e. The predicted molar refractivity (Wildman–Crippen MR) is 62.4 cm³/mol. The van der Waals surface area contributed by atoms with Crippen molar-refractivity contribution in [2.75, 3.05) is 39.3 Å². The number of primary amides is 1. The number of hydrogen-bond donors (Lipinski definition) is 3. The topological polar surface area (TPSA) is 96.7 Å². The van der Waals surface area contributed by atoms with Crippen LogP contribution < -0.4 is 16.4 Å². The van der Waals surface area contributed by atoms with E-state index in [9.17, 15) is 9.59 Å². The van der Waals surface area contributed by atoms with Gasteiger partial charge in [-0.15, -0.1) is 0 Å². The number of nitrogens with one attached hydrogen (secondary N) is 2. The molecule has 1 rings (SSSR count). The lowest BCUT2D eigenvalue weighted by Crippen LogP contribution is -2.53. The molecule has 0 aromatic carbocycles. The van der Waals surface area contributed by atoms with Crippen LogP contribution in [-0.4, -0.2) is 62.3 Å². The van der Waals surface area contributed by atoms with Crippen LogP contribution in [0.1, 0.15) is 6.92 Å². The van der Waals surface area contributed by atoms with Gasteiger partial charge in [0.2, 0.25) is 5.91 Å². The van der Waals surface area contributed by atoms with E-state index in [0.29, 0.717) is 0 Å². The van der Waals surface area contributed by atoms with Crippen molar-refractivity contribution in [3.63, 3.8) is 0 Å². The van der Waals surface area contributed by atoms with Gasteiger partial charge in [-0.1, -0.05) is 0 Å². The summed E-state index contributed by atoms with van der Waals surface area (Å²) in [5.74, 6) is -0.0556. The second-order valence-electron chi connectivity index (χ2n) is 3.92. The lowest BCUT2D eigenvalue weighted by atomic mass is 10.2. The number of nitrogens with two attached hydrogens (primary N) is 1. The molecule has 0 aromatic rings. The molecule has 7 nitrogen and oxygen atoms in total.